The molecule has 10 heteroatoms. The Labute approximate surface area is 289 Å². The quantitative estimate of drug-likeness (QED) is 0.209. The second-order valence-electron chi connectivity index (χ2n) is 14.7. The second-order valence-corrected chi connectivity index (χ2v) is 14.7. The van der Waals surface area contributed by atoms with Gasteiger partial charge in [-0.15, -0.1) is 0 Å². The number of methoxy groups -OCH3 is 2. The third kappa shape index (κ3) is 10.8. The summed E-state index contributed by atoms with van der Waals surface area (Å²) in [5.74, 6) is -1.35. The Morgan fingerprint density at radius 2 is 1.69 bits per heavy atom. The number of nitrogens with one attached hydrogen (secondary N) is 1. The summed E-state index contributed by atoms with van der Waals surface area (Å²) >= 11 is 0. The molecule has 1 aliphatic rings. The maximum Gasteiger partial charge on any atom is 0.226 e. The molecule has 0 saturated carbocycles. The van der Waals surface area contributed by atoms with E-state index in [1.807, 2.05) is 69.9 Å². The van der Waals surface area contributed by atoms with Gasteiger partial charge in [-0.2, -0.15) is 0 Å². The number of carbonyl (C=O) groups excluding carboxylic acids is 4. The molecule has 0 aliphatic carbocycles. The van der Waals surface area contributed by atoms with Crippen molar-refractivity contribution in [2.24, 2.45) is 34.8 Å². The van der Waals surface area contributed by atoms with E-state index in [9.17, 15) is 19.2 Å². The average Bonchev–Trinajstić information content (AvgIpc) is 3.56. The molecule has 3 amide bonds. The maximum atomic E-state index is 14.1. The fraction of sp³-hybridized carbons (Fsp3) is 0.737. The van der Waals surface area contributed by atoms with Crippen molar-refractivity contribution in [1.82, 2.24) is 15.1 Å². The number of hydrogen-bond donors (Lipinski definition) is 2. The molecule has 2 rings (SSSR count). The molecule has 1 fully saturated rings. The first kappa shape index (κ1) is 41.4. The van der Waals surface area contributed by atoms with Gasteiger partial charge in [0.25, 0.3) is 0 Å². The molecule has 0 unspecified atom stereocenters. The van der Waals surface area contributed by atoms with E-state index in [0.717, 1.165) is 31.2 Å². The summed E-state index contributed by atoms with van der Waals surface area (Å²) in [6, 6.07) is 9.38. The van der Waals surface area contributed by atoms with E-state index in [2.05, 4.69) is 19.2 Å². The molecule has 272 valence electrons. The molecule has 1 aromatic carbocycles. The molecule has 0 aromatic heterocycles. The second kappa shape index (κ2) is 19.4. The normalized spacial score (nSPS) is 18.9. The van der Waals surface area contributed by atoms with E-state index in [0.29, 0.717) is 13.1 Å². The van der Waals surface area contributed by atoms with Crippen molar-refractivity contribution >= 4 is 23.5 Å². The number of ether oxygens (including phenoxy) is 2. The van der Waals surface area contributed by atoms with Crippen molar-refractivity contribution in [3.05, 3.63) is 35.9 Å². The van der Waals surface area contributed by atoms with Crippen LogP contribution in [0.15, 0.2) is 30.3 Å². The Morgan fingerprint density at radius 3 is 2.23 bits per heavy atom. The number of likely N-dealkylation sites (N-methyl/N-ethyl adjacent to an activating group) is 1. The van der Waals surface area contributed by atoms with Crippen LogP contribution in [0.25, 0.3) is 0 Å². The molecule has 1 aliphatic heterocycles. The molecular formula is C38H64N4O6. The van der Waals surface area contributed by atoms with Crippen molar-refractivity contribution in [3.8, 4) is 0 Å². The van der Waals surface area contributed by atoms with E-state index in [1.165, 1.54) is 0 Å². The van der Waals surface area contributed by atoms with Gasteiger partial charge in [-0.3, -0.25) is 19.2 Å². The first-order chi connectivity index (χ1) is 22.6. The highest BCUT2D eigenvalue weighted by molar-refractivity contribution is 5.90. The van der Waals surface area contributed by atoms with Gasteiger partial charge in [-0.25, -0.2) is 0 Å². The van der Waals surface area contributed by atoms with Gasteiger partial charge < -0.3 is 30.3 Å². The molecular weight excluding hydrogens is 608 g/mol. The zero-order chi connectivity index (χ0) is 36.2. The van der Waals surface area contributed by atoms with Gasteiger partial charge in [0.1, 0.15) is 5.78 Å². The molecule has 1 aromatic rings. The van der Waals surface area contributed by atoms with Crippen molar-refractivity contribution < 1.29 is 28.7 Å². The molecule has 48 heavy (non-hydrogen) atoms. The number of rotatable bonds is 20. The number of amides is 3. The highest BCUT2D eigenvalue weighted by Gasteiger charge is 2.43. The number of nitrogens with two attached hydrogens (primary N) is 1. The molecule has 7 atom stereocenters. The van der Waals surface area contributed by atoms with Crippen LogP contribution in [-0.4, -0.2) is 98.5 Å². The third-order valence-corrected chi connectivity index (χ3v) is 10.6. The fourth-order valence-electron chi connectivity index (χ4n) is 6.90. The van der Waals surface area contributed by atoms with Gasteiger partial charge >= 0.3 is 0 Å². The van der Waals surface area contributed by atoms with Crippen molar-refractivity contribution in [3.63, 3.8) is 0 Å². The lowest BCUT2D eigenvalue weighted by atomic mass is 9.79. The summed E-state index contributed by atoms with van der Waals surface area (Å²) in [5.41, 5.74) is 6.31. The molecule has 10 nitrogen and oxygen atoms in total. The van der Waals surface area contributed by atoms with Crippen molar-refractivity contribution in [2.45, 2.75) is 111 Å². The smallest absolute Gasteiger partial charge is 0.226 e. The van der Waals surface area contributed by atoms with E-state index >= 15 is 0 Å². The minimum Gasteiger partial charge on any atom is -0.379 e. The molecule has 0 spiro atoms. The Morgan fingerprint density at radius 1 is 1.04 bits per heavy atom. The lowest BCUT2D eigenvalue weighted by molar-refractivity contribution is -0.149. The lowest BCUT2D eigenvalue weighted by Gasteiger charge is -2.41. The molecule has 3 N–H and O–H groups in total. The standard InChI is InChI=1S/C38H64N4O6/c1-11-26(4)34(41(8)37(46)29(25(2)3)22-32(43)38(6,7)24-39)31(47-9)23-33(44)42-21-15-18-30(42)35(48-10)27(5)36(45)40-20-19-28-16-13-12-14-17-28/h12-14,16-17,25-27,29-31,34-35H,11,15,18-24,39H2,1-10H3,(H,40,45)/t26-,27+,29-,30-,31+,34-,35+/m0/s1. The molecule has 1 saturated heterocycles. The van der Waals surface area contributed by atoms with Crippen LogP contribution in [-0.2, 0) is 35.1 Å². The number of ketones is 1. The van der Waals surface area contributed by atoms with Gasteiger partial charge in [-0.05, 0) is 36.7 Å². The van der Waals surface area contributed by atoms with Crippen LogP contribution in [0.3, 0.4) is 0 Å². The topological polar surface area (TPSA) is 131 Å². The highest BCUT2D eigenvalue weighted by atomic mass is 16.5. The Balaban J connectivity index is 2.20. The zero-order valence-electron chi connectivity index (χ0n) is 31.3. The number of likely N-dealkylation sites (tertiary alicyclic amines) is 1. The van der Waals surface area contributed by atoms with Crippen LogP contribution in [0.5, 0.6) is 0 Å². The number of hydrogen-bond acceptors (Lipinski definition) is 7. The first-order valence-corrected chi connectivity index (χ1v) is 17.8. The van der Waals surface area contributed by atoms with E-state index in [1.54, 1.807) is 26.2 Å². The number of Topliss-reactive ketones (excluding diaryl/α,β-unsaturated/α-hetero) is 1. The van der Waals surface area contributed by atoms with E-state index < -0.39 is 29.5 Å². The lowest BCUT2D eigenvalue weighted by Crippen LogP contribution is -2.54. The Kier molecular flexibility index (Phi) is 16.7. The summed E-state index contributed by atoms with van der Waals surface area (Å²) < 4.78 is 11.9. The number of benzene rings is 1. The van der Waals surface area contributed by atoms with E-state index in [4.69, 9.17) is 15.2 Å². The molecule has 0 radical (unpaired) electrons. The van der Waals surface area contributed by atoms with Crippen LogP contribution < -0.4 is 11.1 Å². The van der Waals surface area contributed by atoms with Crippen LogP contribution in [0.4, 0.5) is 0 Å². The van der Waals surface area contributed by atoms with Crippen LogP contribution >= 0.6 is 0 Å². The predicted octanol–water partition coefficient (Wildman–Crippen LogP) is 4.48. The predicted molar refractivity (Wildman–Crippen MR) is 190 cm³/mol. The number of nitrogens with zero attached hydrogens (tertiary/aromatic N) is 2. The average molecular weight is 673 g/mol. The maximum absolute atomic E-state index is 14.1. The molecule has 0 bridgehead atoms. The Bertz CT molecular complexity index is 1170. The summed E-state index contributed by atoms with van der Waals surface area (Å²) in [4.78, 5) is 58.0. The largest absolute Gasteiger partial charge is 0.379 e. The third-order valence-electron chi connectivity index (χ3n) is 10.6. The van der Waals surface area contributed by atoms with Gasteiger partial charge in [-0.1, -0.05) is 85.2 Å². The Hall–Kier alpha value is -2.82. The van der Waals surface area contributed by atoms with Gasteiger partial charge in [0.2, 0.25) is 17.7 Å². The van der Waals surface area contributed by atoms with E-state index in [-0.39, 0.29) is 66.8 Å². The summed E-state index contributed by atoms with van der Waals surface area (Å²) in [6.07, 6.45) is 2.22. The van der Waals surface area contributed by atoms with Crippen LogP contribution in [0, 0.1) is 29.1 Å². The highest BCUT2D eigenvalue weighted by Crippen LogP contribution is 2.31. The zero-order valence-corrected chi connectivity index (χ0v) is 31.3. The van der Waals surface area contributed by atoms with Crippen molar-refractivity contribution in [1.29, 1.82) is 0 Å². The van der Waals surface area contributed by atoms with Gasteiger partial charge in [0.05, 0.1) is 36.6 Å². The summed E-state index contributed by atoms with van der Waals surface area (Å²) in [5, 5.41) is 3.04. The van der Waals surface area contributed by atoms with Gasteiger partial charge in [0.15, 0.2) is 0 Å². The van der Waals surface area contributed by atoms with Crippen LogP contribution in [0.1, 0.15) is 86.1 Å². The monoisotopic (exact) mass is 672 g/mol. The number of carbonyl (C=O) groups is 4. The van der Waals surface area contributed by atoms with Crippen LogP contribution in [0.2, 0.25) is 0 Å². The summed E-state index contributed by atoms with van der Waals surface area (Å²) in [6.45, 7) is 14.8. The molecule has 1 heterocycles. The first-order valence-electron chi connectivity index (χ1n) is 17.8. The van der Waals surface area contributed by atoms with Crippen molar-refractivity contribution in [2.75, 3.05) is 40.9 Å². The SMILES string of the molecule is CC[C@H](C)[C@@H]([C@@H](CC(=O)N1CCC[C@H]1[C@H](OC)[C@@H](C)C(=O)NCCc1ccccc1)OC)N(C)C(=O)[C@@H](CC(=O)C(C)(C)CN)C(C)C. The minimum absolute atomic E-state index is 0.0291. The van der Waals surface area contributed by atoms with Gasteiger partial charge in [0, 0.05) is 58.7 Å². The summed E-state index contributed by atoms with van der Waals surface area (Å²) in [7, 11) is 4.95. The fourth-order valence-corrected chi connectivity index (χ4v) is 6.90. The minimum atomic E-state index is -0.712.